The maximum atomic E-state index is 11.7. The van der Waals surface area contributed by atoms with Gasteiger partial charge in [0.1, 0.15) is 0 Å². The van der Waals surface area contributed by atoms with E-state index in [4.69, 9.17) is 0 Å². The zero-order valence-corrected chi connectivity index (χ0v) is 8.06. The Morgan fingerprint density at radius 3 is 2.46 bits per heavy atom. The van der Waals surface area contributed by atoms with Crippen LogP contribution in [0.25, 0.3) is 6.08 Å². The van der Waals surface area contributed by atoms with Gasteiger partial charge in [-0.15, -0.1) is 0 Å². The lowest BCUT2D eigenvalue weighted by Crippen LogP contribution is -1.99. The van der Waals surface area contributed by atoms with Crippen LogP contribution < -0.4 is 0 Å². The van der Waals surface area contributed by atoms with Gasteiger partial charge in [0.25, 0.3) is 0 Å². The van der Waals surface area contributed by atoms with E-state index in [0.717, 1.165) is 10.5 Å². The summed E-state index contributed by atoms with van der Waals surface area (Å²) in [7, 11) is 0. The Morgan fingerprint density at radius 1 is 1.23 bits per heavy atom. The molecule has 0 N–H and O–H groups in total. The summed E-state index contributed by atoms with van der Waals surface area (Å²) in [5, 5.41) is 0. The lowest BCUT2D eigenvalue weighted by molar-refractivity contribution is -0.0790. The Labute approximate surface area is 82.2 Å². The van der Waals surface area contributed by atoms with Crippen molar-refractivity contribution < 1.29 is 13.2 Å². The minimum atomic E-state index is -4.25. The van der Waals surface area contributed by atoms with E-state index in [0.29, 0.717) is 5.56 Å². The van der Waals surface area contributed by atoms with Gasteiger partial charge >= 0.3 is 6.18 Å². The molecular formula is C9H6BrF3. The quantitative estimate of drug-likeness (QED) is 0.706. The van der Waals surface area contributed by atoms with Crippen LogP contribution in [-0.2, 0) is 0 Å². The Hall–Kier alpha value is -0.770. The summed E-state index contributed by atoms with van der Waals surface area (Å²) in [5.74, 6) is 0. The van der Waals surface area contributed by atoms with Gasteiger partial charge in [0.15, 0.2) is 0 Å². The van der Waals surface area contributed by atoms with E-state index >= 15 is 0 Å². The van der Waals surface area contributed by atoms with Crippen LogP contribution in [0.2, 0.25) is 0 Å². The maximum absolute atomic E-state index is 11.7. The SMILES string of the molecule is FC(F)(F)/C=C/c1cccc(Br)c1. The van der Waals surface area contributed by atoms with Crippen molar-refractivity contribution in [3.63, 3.8) is 0 Å². The van der Waals surface area contributed by atoms with E-state index in [9.17, 15) is 13.2 Å². The molecule has 70 valence electrons. The molecule has 0 radical (unpaired) electrons. The molecule has 1 aromatic rings. The normalized spacial score (nSPS) is 12.3. The van der Waals surface area contributed by atoms with E-state index in [-0.39, 0.29) is 6.08 Å². The van der Waals surface area contributed by atoms with Crippen LogP contribution in [0, 0.1) is 0 Å². The topological polar surface area (TPSA) is 0 Å². The summed E-state index contributed by atoms with van der Waals surface area (Å²) in [5.41, 5.74) is 0.520. The van der Waals surface area contributed by atoms with Crippen LogP contribution in [-0.4, -0.2) is 6.18 Å². The second kappa shape index (κ2) is 3.96. The first kappa shape index (κ1) is 10.3. The lowest BCUT2D eigenvalue weighted by Gasteiger charge is -1.98. The summed E-state index contributed by atoms with van der Waals surface area (Å²) in [6, 6.07) is 6.65. The molecule has 0 heterocycles. The summed E-state index contributed by atoms with van der Waals surface area (Å²) in [4.78, 5) is 0. The Kier molecular flexibility index (Phi) is 3.14. The molecule has 0 nitrogen and oxygen atoms in total. The molecule has 0 aliphatic heterocycles. The molecular weight excluding hydrogens is 245 g/mol. The zero-order chi connectivity index (χ0) is 9.90. The molecule has 0 fully saturated rings. The monoisotopic (exact) mass is 250 g/mol. The molecule has 13 heavy (non-hydrogen) atoms. The number of benzene rings is 1. The molecule has 0 unspecified atom stereocenters. The van der Waals surface area contributed by atoms with Gasteiger partial charge < -0.3 is 0 Å². The third kappa shape index (κ3) is 4.12. The number of alkyl halides is 3. The van der Waals surface area contributed by atoms with Crippen LogP contribution in [0.5, 0.6) is 0 Å². The molecule has 0 aromatic heterocycles. The minimum Gasteiger partial charge on any atom is -0.167 e. The summed E-state index contributed by atoms with van der Waals surface area (Å²) < 4.78 is 36.0. The van der Waals surface area contributed by atoms with Crippen molar-refractivity contribution in [1.82, 2.24) is 0 Å². The predicted octanol–water partition coefficient (Wildman–Crippen LogP) is 4.02. The summed E-state index contributed by atoms with van der Waals surface area (Å²) >= 11 is 3.17. The van der Waals surface area contributed by atoms with E-state index in [1.165, 1.54) is 0 Å². The fourth-order valence-corrected chi connectivity index (χ4v) is 1.22. The number of allylic oxidation sites excluding steroid dienone is 1. The molecule has 1 aromatic carbocycles. The van der Waals surface area contributed by atoms with Crippen LogP contribution in [0.15, 0.2) is 34.8 Å². The van der Waals surface area contributed by atoms with E-state index in [1.807, 2.05) is 0 Å². The van der Waals surface area contributed by atoms with Gasteiger partial charge in [-0.1, -0.05) is 34.1 Å². The van der Waals surface area contributed by atoms with Crippen molar-refractivity contribution in [3.8, 4) is 0 Å². The molecule has 0 bridgehead atoms. The minimum absolute atomic E-state index is 0.217. The highest BCUT2D eigenvalue weighted by molar-refractivity contribution is 9.10. The highest BCUT2D eigenvalue weighted by Crippen LogP contribution is 2.19. The van der Waals surface area contributed by atoms with Crippen molar-refractivity contribution in [2.75, 3.05) is 0 Å². The molecule has 1 rings (SSSR count). The maximum Gasteiger partial charge on any atom is 0.409 e. The van der Waals surface area contributed by atoms with Gasteiger partial charge in [-0.3, -0.25) is 0 Å². The Morgan fingerprint density at radius 2 is 1.92 bits per heavy atom. The van der Waals surface area contributed by atoms with Crippen molar-refractivity contribution in [1.29, 1.82) is 0 Å². The van der Waals surface area contributed by atoms with Gasteiger partial charge in [0.05, 0.1) is 0 Å². The summed E-state index contributed by atoms with van der Waals surface area (Å²) in [6.07, 6.45) is -3.00. The second-order valence-electron chi connectivity index (χ2n) is 2.43. The fraction of sp³-hybridized carbons (Fsp3) is 0.111. The zero-order valence-electron chi connectivity index (χ0n) is 6.48. The standard InChI is InChI=1S/C9H6BrF3/c10-8-3-1-2-7(6-8)4-5-9(11,12)13/h1-6H/b5-4+. The lowest BCUT2D eigenvalue weighted by atomic mass is 10.2. The van der Waals surface area contributed by atoms with Crippen molar-refractivity contribution in [2.45, 2.75) is 6.18 Å². The first-order chi connectivity index (χ1) is 5.97. The van der Waals surface area contributed by atoms with Crippen molar-refractivity contribution in [3.05, 3.63) is 40.4 Å². The molecule has 0 saturated carbocycles. The average Bonchev–Trinajstić information content (AvgIpc) is 2.00. The van der Waals surface area contributed by atoms with Gasteiger partial charge in [0.2, 0.25) is 0 Å². The van der Waals surface area contributed by atoms with Crippen molar-refractivity contribution in [2.24, 2.45) is 0 Å². The van der Waals surface area contributed by atoms with Gasteiger partial charge in [0, 0.05) is 10.5 Å². The average molecular weight is 251 g/mol. The molecule has 0 amide bonds. The third-order valence-corrected chi connectivity index (χ3v) is 1.81. The van der Waals surface area contributed by atoms with Gasteiger partial charge in [-0.2, -0.15) is 13.2 Å². The summed E-state index contributed by atoms with van der Waals surface area (Å²) in [6.45, 7) is 0. The van der Waals surface area contributed by atoms with Gasteiger partial charge in [-0.05, 0) is 17.7 Å². The highest BCUT2D eigenvalue weighted by Gasteiger charge is 2.21. The third-order valence-electron chi connectivity index (χ3n) is 1.31. The first-order valence-corrected chi connectivity index (χ1v) is 4.28. The molecule has 4 heteroatoms. The van der Waals surface area contributed by atoms with Crippen LogP contribution in [0.1, 0.15) is 5.56 Å². The highest BCUT2D eigenvalue weighted by atomic mass is 79.9. The Bertz CT molecular complexity index is 315. The van der Waals surface area contributed by atoms with Crippen molar-refractivity contribution >= 4 is 22.0 Å². The first-order valence-electron chi connectivity index (χ1n) is 3.49. The van der Waals surface area contributed by atoms with Crippen LogP contribution >= 0.6 is 15.9 Å². The molecule has 0 atom stereocenters. The smallest absolute Gasteiger partial charge is 0.167 e. The second-order valence-corrected chi connectivity index (χ2v) is 3.35. The van der Waals surface area contributed by atoms with Gasteiger partial charge in [-0.25, -0.2) is 0 Å². The van der Waals surface area contributed by atoms with E-state index in [1.54, 1.807) is 24.3 Å². The largest absolute Gasteiger partial charge is 0.409 e. The fourth-order valence-electron chi connectivity index (χ4n) is 0.801. The Balaban J connectivity index is 2.80. The number of halogens is 4. The predicted molar refractivity (Wildman–Crippen MR) is 49.2 cm³/mol. The number of rotatable bonds is 1. The molecule has 0 aliphatic carbocycles. The van der Waals surface area contributed by atoms with Crippen LogP contribution in [0.4, 0.5) is 13.2 Å². The van der Waals surface area contributed by atoms with E-state index in [2.05, 4.69) is 15.9 Å². The molecule has 0 aliphatic rings. The van der Waals surface area contributed by atoms with Crippen LogP contribution in [0.3, 0.4) is 0 Å². The molecule has 0 saturated heterocycles. The molecule has 0 spiro atoms. The number of hydrogen-bond acceptors (Lipinski definition) is 0. The number of hydrogen-bond donors (Lipinski definition) is 0. The van der Waals surface area contributed by atoms with E-state index < -0.39 is 6.18 Å².